The summed E-state index contributed by atoms with van der Waals surface area (Å²) >= 11 is 0. The smallest absolute Gasteiger partial charge is 0.254 e. The highest BCUT2D eigenvalue weighted by Gasteiger charge is 2.29. The van der Waals surface area contributed by atoms with Crippen LogP contribution in [-0.4, -0.2) is 40.0 Å². The molecular formula is C19H23N3O3. The Morgan fingerprint density at radius 3 is 2.68 bits per heavy atom. The first-order valence-electron chi connectivity index (χ1n) is 8.48. The summed E-state index contributed by atoms with van der Waals surface area (Å²) < 4.78 is 5.99. The van der Waals surface area contributed by atoms with Crippen molar-refractivity contribution in [1.29, 1.82) is 0 Å². The van der Waals surface area contributed by atoms with Gasteiger partial charge in [-0.1, -0.05) is 30.3 Å². The highest BCUT2D eigenvalue weighted by atomic mass is 16.5. The maximum Gasteiger partial charge on any atom is 0.254 e. The van der Waals surface area contributed by atoms with Crippen LogP contribution in [0.3, 0.4) is 0 Å². The molecule has 1 amide bonds. The summed E-state index contributed by atoms with van der Waals surface area (Å²) in [6.07, 6.45) is -0.147. The second kappa shape index (κ2) is 7.19. The zero-order chi connectivity index (χ0) is 18.0. The Labute approximate surface area is 146 Å². The first-order valence-corrected chi connectivity index (χ1v) is 8.48. The van der Waals surface area contributed by atoms with Gasteiger partial charge >= 0.3 is 0 Å². The number of carbonyl (C=O) groups excluding carboxylic acids is 1. The number of H-pyrrole nitrogens is 1. The van der Waals surface area contributed by atoms with E-state index in [0.29, 0.717) is 30.2 Å². The molecule has 2 heterocycles. The number of aryl methyl sites for hydroxylation is 2. The van der Waals surface area contributed by atoms with Crippen LogP contribution in [0.4, 0.5) is 0 Å². The summed E-state index contributed by atoms with van der Waals surface area (Å²) in [6, 6.07) is 9.89. The van der Waals surface area contributed by atoms with Crippen LogP contribution in [0.2, 0.25) is 0 Å². The number of hydrogen-bond acceptors (Lipinski definition) is 4. The average molecular weight is 341 g/mol. The van der Waals surface area contributed by atoms with E-state index in [1.807, 2.05) is 37.3 Å². The minimum absolute atomic E-state index is 0.0570. The molecule has 0 saturated carbocycles. The van der Waals surface area contributed by atoms with Crippen molar-refractivity contribution in [2.45, 2.75) is 39.4 Å². The summed E-state index contributed by atoms with van der Waals surface area (Å²) in [5.41, 5.74) is 1.86. The van der Waals surface area contributed by atoms with Crippen molar-refractivity contribution < 1.29 is 9.53 Å². The molecule has 25 heavy (non-hydrogen) atoms. The number of hydrogen-bond donors (Lipinski definition) is 1. The highest BCUT2D eigenvalue weighted by molar-refractivity contribution is 5.79. The van der Waals surface area contributed by atoms with Gasteiger partial charge in [0, 0.05) is 17.8 Å². The second-order valence-corrected chi connectivity index (χ2v) is 6.54. The number of morpholine rings is 1. The van der Waals surface area contributed by atoms with Crippen LogP contribution >= 0.6 is 0 Å². The van der Waals surface area contributed by atoms with Gasteiger partial charge in [0.25, 0.3) is 5.56 Å². The predicted octanol–water partition coefficient (Wildman–Crippen LogP) is 1.92. The van der Waals surface area contributed by atoms with E-state index >= 15 is 0 Å². The van der Waals surface area contributed by atoms with Gasteiger partial charge in [-0.05, 0) is 26.3 Å². The molecule has 0 bridgehead atoms. The zero-order valence-electron chi connectivity index (χ0n) is 14.8. The maximum atomic E-state index is 12.8. The molecule has 0 unspecified atom stereocenters. The minimum Gasteiger partial charge on any atom is -0.367 e. The molecule has 132 valence electrons. The van der Waals surface area contributed by atoms with Crippen LogP contribution in [0.1, 0.15) is 35.7 Å². The van der Waals surface area contributed by atoms with Gasteiger partial charge in [-0.2, -0.15) is 0 Å². The average Bonchev–Trinajstić information content (AvgIpc) is 2.58. The molecular weight excluding hydrogens is 318 g/mol. The lowest BCUT2D eigenvalue weighted by molar-refractivity contribution is -0.144. The fourth-order valence-corrected chi connectivity index (χ4v) is 3.23. The molecule has 1 fully saturated rings. The predicted molar refractivity (Wildman–Crippen MR) is 94.3 cm³/mol. The number of amides is 1. The molecule has 0 spiro atoms. The van der Waals surface area contributed by atoms with Crippen molar-refractivity contribution in [3.63, 3.8) is 0 Å². The van der Waals surface area contributed by atoms with Crippen LogP contribution in [0.15, 0.2) is 35.1 Å². The van der Waals surface area contributed by atoms with Gasteiger partial charge in [0.2, 0.25) is 5.91 Å². The first-order chi connectivity index (χ1) is 11.9. The van der Waals surface area contributed by atoms with Crippen LogP contribution in [0, 0.1) is 13.8 Å². The van der Waals surface area contributed by atoms with Crippen molar-refractivity contribution in [2.24, 2.45) is 0 Å². The van der Waals surface area contributed by atoms with E-state index in [9.17, 15) is 9.59 Å². The molecule has 2 atom stereocenters. The summed E-state index contributed by atoms with van der Waals surface area (Å²) in [7, 11) is 0. The van der Waals surface area contributed by atoms with Gasteiger partial charge in [-0.15, -0.1) is 0 Å². The van der Waals surface area contributed by atoms with E-state index in [2.05, 4.69) is 9.97 Å². The normalized spacial score (nSPS) is 20.5. The fraction of sp³-hybridized carbons (Fsp3) is 0.421. The van der Waals surface area contributed by atoms with Gasteiger partial charge in [0.05, 0.1) is 19.1 Å². The van der Waals surface area contributed by atoms with Crippen LogP contribution in [0.5, 0.6) is 0 Å². The minimum atomic E-state index is -0.237. The van der Waals surface area contributed by atoms with E-state index in [1.54, 1.807) is 18.7 Å². The van der Waals surface area contributed by atoms with Crippen LogP contribution in [0.25, 0.3) is 0 Å². The van der Waals surface area contributed by atoms with Crippen LogP contribution in [-0.2, 0) is 16.0 Å². The molecule has 1 N–H and O–H groups in total. The largest absolute Gasteiger partial charge is 0.367 e. The Kier molecular flexibility index (Phi) is 4.99. The summed E-state index contributed by atoms with van der Waals surface area (Å²) in [5.74, 6) is 0.484. The topological polar surface area (TPSA) is 75.3 Å². The highest BCUT2D eigenvalue weighted by Crippen LogP contribution is 2.25. The molecule has 6 nitrogen and oxygen atoms in total. The van der Waals surface area contributed by atoms with Crippen molar-refractivity contribution in [3.05, 3.63) is 63.3 Å². The molecule has 0 radical (unpaired) electrons. The number of aromatic nitrogens is 2. The Balaban J connectivity index is 1.77. The third-order valence-corrected chi connectivity index (χ3v) is 4.45. The molecule has 6 heteroatoms. The summed E-state index contributed by atoms with van der Waals surface area (Å²) in [5, 5.41) is 0. The number of aromatic amines is 1. The monoisotopic (exact) mass is 341 g/mol. The van der Waals surface area contributed by atoms with E-state index in [4.69, 9.17) is 4.74 Å². The quantitative estimate of drug-likeness (QED) is 0.925. The Bertz CT molecular complexity index is 816. The molecule has 1 aliphatic rings. The molecule has 2 aromatic rings. The number of rotatable bonds is 3. The van der Waals surface area contributed by atoms with E-state index in [-0.39, 0.29) is 30.1 Å². The Morgan fingerprint density at radius 1 is 1.28 bits per heavy atom. The number of nitrogens with zero attached hydrogens (tertiary/aromatic N) is 2. The number of nitrogens with one attached hydrogen (secondary N) is 1. The number of carbonyl (C=O) groups is 1. The van der Waals surface area contributed by atoms with Gasteiger partial charge in [-0.25, -0.2) is 4.98 Å². The summed E-state index contributed by atoms with van der Waals surface area (Å²) in [6.45, 7) is 6.47. The first kappa shape index (κ1) is 17.4. The molecule has 1 saturated heterocycles. The number of benzene rings is 1. The molecule has 1 aromatic carbocycles. The standard InChI is InChI=1S/C19H23N3O3/c1-12-10-22(11-17(25-12)15-7-5-4-6-8-15)18(23)9-16-13(2)20-14(3)21-19(16)24/h4-8,12,17H,9-11H2,1-3H3,(H,20,21,24)/t12-,17-/m0/s1. The molecule has 0 aliphatic carbocycles. The van der Waals surface area contributed by atoms with Crippen molar-refractivity contribution >= 4 is 5.91 Å². The second-order valence-electron chi connectivity index (χ2n) is 6.54. The van der Waals surface area contributed by atoms with Gasteiger partial charge in [0.1, 0.15) is 11.9 Å². The maximum absolute atomic E-state index is 12.8. The van der Waals surface area contributed by atoms with Crippen molar-refractivity contribution in [3.8, 4) is 0 Å². The van der Waals surface area contributed by atoms with E-state index in [0.717, 1.165) is 5.56 Å². The SMILES string of the molecule is Cc1nc(C)c(CC(=O)N2C[C@@H](c3ccccc3)O[C@@H](C)C2)c(=O)[nH]1. The van der Waals surface area contributed by atoms with Crippen molar-refractivity contribution in [2.75, 3.05) is 13.1 Å². The van der Waals surface area contributed by atoms with E-state index in [1.165, 1.54) is 0 Å². The van der Waals surface area contributed by atoms with Gasteiger partial charge in [0.15, 0.2) is 0 Å². The molecule has 1 aromatic heterocycles. The van der Waals surface area contributed by atoms with Crippen LogP contribution < -0.4 is 5.56 Å². The van der Waals surface area contributed by atoms with Gasteiger partial charge in [-0.3, -0.25) is 9.59 Å². The third-order valence-electron chi connectivity index (χ3n) is 4.45. The van der Waals surface area contributed by atoms with E-state index < -0.39 is 0 Å². The lowest BCUT2D eigenvalue weighted by Gasteiger charge is -2.37. The number of ether oxygens (including phenoxy) is 1. The Hall–Kier alpha value is -2.47. The molecule has 3 rings (SSSR count). The molecule has 1 aliphatic heterocycles. The fourth-order valence-electron chi connectivity index (χ4n) is 3.23. The zero-order valence-corrected chi connectivity index (χ0v) is 14.8. The summed E-state index contributed by atoms with van der Waals surface area (Å²) in [4.78, 5) is 33.6. The lowest BCUT2D eigenvalue weighted by Crippen LogP contribution is -2.47. The third kappa shape index (κ3) is 3.96. The van der Waals surface area contributed by atoms with Crippen molar-refractivity contribution in [1.82, 2.24) is 14.9 Å². The van der Waals surface area contributed by atoms with Gasteiger partial charge < -0.3 is 14.6 Å². The Morgan fingerprint density at radius 2 is 2.00 bits per heavy atom. The lowest BCUT2D eigenvalue weighted by atomic mass is 10.1.